The van der Waals surface area contributed by atoms with Gasteiger partial charge in [-0.05, 0) is 56.4 Å². The Labute approximate surface area is 142 Å². The van der Waals surface area contributed by atoms with Gasteiger partial charge in [-0.25, -0.2) is 4.39 Å². The van der Waals surface area contributed by atoms with Crippen LogP contribution in [0.5, 0.6) is 0 Å². The zero-order valence-corrected chi connectivity index (χ0v) is 14.1. The molecule has 1 N–H and O–H groups in total. The number of hydrogen-bond donors (Lipinski definition) is 1. The van der Waals surface area contributed by atoms with E-state index in [2.05, 4.69) is 21.4 Å². The summed E-state index contributed by atoms with van der Waals surface area (Å²) in [5.41, 5.74) is 3.17. The molecule has 1 aliphatic carbocycles. The Morgan fingerprint density at radius 3 is 2.71 bits per heavy atom. The Hall–Kier alpha value is -1.88. The number of aryl methyl sites for hydroxylation is 1. The van der Waals surface area contributed by atoms with E-state index in [-0.39, 0.29) is 5.82 Å². The topological polar surface area (TPSA) is 41.3 Å². The van der Waals surface area contributed by atoms with Crippen LogP contribution in [-0.2, 0) is 6.54 Å². The minimum absolute atomic E-state index is 0.161. The van der Waals surface area contributed by atoms with Gasteiger partial charge in [0.2, 0.25) is 0 Å². The molecule has 1 saturated heterocycles. The van der Waals surface area contributed by atoms with Crippen molar-refractivity contribution >= 4 is 5.69 Å². The number of nitrogens with one attached hydrogen (secondary N) is 1. The fraction of sp³-hybridized carbons (Fsp3) is 0.526. The average molecular weight is 329 g/mol. The third-order valence-electron chi connectivity index (χ3n) is 5.12. The lowest BCUT2D eigenvalue weighted by Gasteiger charge is -2.34. The fourth-order valence-corrected chi connectivity index (χ4v) is 3.52. The molecule has 0 bridgehead atoms. The van der Waals surface area contributed by atoms with Crippen molar-refractivity contribution in [1.82, 2.24) is 10.5 Å². The van der Waals surface area contributed by atoms with E-state index in [9.17, 15) is 4.39 Å². The van der Waals surface area contributed by atoms with Crippen molar-refractivity contribution in [1.29, 1.82) is 0 Å². The average Bonchev–Trinajstić information content (AvgIpc) is 3.32. The van der Waals surface area contributed by atoms with Gasteiger partial charge < -0.3 is 14.7 Å². The molecule has 1 aromatic heterocycles. The summed E-state index contributed by atoms with van der Waals surface area (Å²) in [7, 11) is 0. The summed E-state index contributed by atoms with van der Waals surface area (Å²) in [6, 6.07) is 7.66. The first-order valence-electron chi connectivity index (χ1n) is 8.89. The van der Waals surface area contributed by atoms with Crippen molar-refractivity contribution < 1.29 is 8.91 Å². The van der Waals surface area contributed by atoms with Gasteiger partial charge in [0.05, 0.1) is 5.69 Å². The van der Waals surface area contributed by atoms with Gasteiger partial charge in [-0.15, -0.1) is 0 Å². The van der Waals surface area contributed by atoms with Crippen LogP contribution < -0.4 is 10.2 Å². The van der Waals surface area contributed by atoms with Gasteiger partial charge in [0, 0.05) is 43.3 Å². The van der Waals surface area contributed by atoms with Crippen LogP contribution >= 0.6 is 0 Å². The molecule has 5 heteroatoms. The van der Waals surface area contributed by atoms with Crippen LogP contribution in [0.1, 0.15) is 48.6 Å². The summed E-state index contributed by atoms with van der Waals surface area (Å²) < 4.78 is 18.6. The molecule has 1 aliphatic heterocycles. The Balaban J connectivity index is 1.27. The molecule has 0 radical (unpaired) electrons. The third-order valence-corrected chi connectivity index (χ3v) is 5.12. The molecule has 0 unspecified atom stereocenters. The van der Waals surface area contributed by atoms with Crippen LogP contribution in [0, 0.1) is 12.7 Å². The first kappa shape index (κ1) is 15.6. The van der Waals surface area contributed by atoms with Gasteiger partial charge in [-0.1, -0.05) is 5.16 Å². The molecular weight excluding hydrogens is 305 g/mol. The molecule has 2 heterocycles. The van der Waals surface area contributed by atoms with Gasteiger partial charge >= 0.3 is 0 Å². The fourth-order valence-electron chi connectivity index (χ4n) is 3.52. The molecule has 4 rings (SSSR count). The highest BCUT2D eigenvalue weighted by atomic mass is 19.1. The SMILES string of the molecule is Cc1cc(F)ccc1N1CCC(NCc2cc(C3CC3)on2)CC1. The second kappa shape index (κ2) is 6.55. The summed E-state index contributed by atoms with van der Waals surface area (Å²) in [5.74, 6) is 1.51. The van der Waals surface area contributed by atoms with E-state index >= 15 is 0 Å². The molecule has 4 nitrogen and oxygen atoms in total. The predicted molar refractivity (Wildman–Crippen MR) is 91.7 cm³/mol. The van der Waals surface area contributed by atoms with E-state index in [1.807, 2.05) is 13.0 Å². The highest BCUT2D eigenvalue weighted by Crippen LogP contribution is 2.40. The Morgan fingerprint density at radius 2 is 2.00 bits per heavy atom. The van der Waals surface area contributed by atoms with Crippen LogP contribution in [-0.4, -0.2) is 24.3 Å². The lowest BCUT2D eigenvalue weighted by Crippen LogP contribution is -2.42. The maximum Gasteiger partial charge on any atom is 0.140 e. The summed E-state index contributed by atoms with van der Waals surface area (Å²) in [6.45, 7) is 4.74. The number of piperidine rings is 1. The Bertz CT molecular complexity index is 702. The number of nitrogens with zero attached hydrogens (tertiary/aromatic N) is 2. The minimum Gasteiger partial charge on any atom is -0.371 e. The maximum absolute atomic E-state index is 13.3. The molecule has 0 amide bonds. The predicted octanol–water partition coefficient (Wildman–Crippen LogP) is 3.76. The van der Waals surface area contributed by atoms with Crippen molar-refractivity contribution in [2.45, 2.75) is 51.1 Å². The second-order valence-corrected chi connectivity index (χ2v) is 7.07. The molecule has 0 atom stereocenters. The van der Waals surface area contributed by atoms with Crippen molar-refractivity contribution in [2.24, 2.45) is 0 Å². The maximum atomic E-state index is 13.3. The number of aromatic nitrogens is 1. The summed E-state index contributed by atoms with van der Waals surface area (Å²) in [4.78, 5) is 2.36. The van der Waals surface area contributed by atoms with Gasteiger partial charge in [0.15, 0.2) is 0 Å². The second-order valence-electron chi connectivity index (χ2n) is 7.07. The van der Waals surface area contributed by atoms with Crippen LogP contribution in [0.15, 0.2) is 28.8 Å². The Kier molecular flexibility index (Phi) is 4.27. The van der Waals surface area contributed by atoms with E-state index in [1.165, 1.54) is 12.8 Å². The van der Waals surface area contributed by atoms with E-state index in [4.69, 9.17) is 4.52 Å². The molecular formula is C19H24FN3O. The largest absolute Gasteiger partial charge is 0.371 e. The summed E-state index contributed by atoms with van der Waals surface area (Å²) >= 11 is 0. The summed E-state index contributed by atoms with van der Waals surface area (Å²) in [5, 5.41) is 7.76. The van der Waals surface area contributed by atoms with Crippen LogP contribution in [0.3, 0.4) is 0 Å². The molecule has 1 aromatic carbocycles. The van der Waals surface area contributed by atoms with Gasteiger partial charge in [0.25, 0.3) is 0 Å². The number of anilines is 1. The quantitative estimate of drug-likeness (QED) is 0.907. The van der Waals surface area contributed by atoms with Crippen molar-refractivity contribution in [3.05, 3.63) is 47.1 Å². The molecule has 2 aliphatic rings. The van der Waals surface area contributed by atoms with Gasteiger partial charge in [0.1, 0.15) is 11.6 Å². The van der Waals surface area contributed by atoms with Crippen molar-refractivity contribution in [2.75, 3.05) is 18.0 Å². The molecule has 1 saturated carbocycles. The normalized spacial score (nSPS) is 19.0. The zero-order chi connectivity index (χ0) is 16.5. The van der Waals surface area contributed by atoms with Gasteiger partial charge in [-0.3, -0.25) is 0 Å². The lowest BCUT2D eigenvalue weighted by molar-refractivity contribution is 0.367. The van der Waals surface area contributed by atoms with Crippen LogP contribution in [0.4, 0.5) is 10.1 Å². The van der Waals surface area contributed by atoms with Gasteiger partial charge in [-0.2, -0.15) is 0 Å². The van der Waals surface area contributed by atoms with E-state index < -0.39 is 0 Å². The number of hydrogen-bond acceptors (Lipinski definition) is 4. The smallest absolute Gasteiger partial charge is 0.140 e. The first-order valence-corrected chi connectivity index (χ1v) is 8.89. The molecule has 2 fully saturated rings. The molecule has 2 aromatic rings. The third kappa shape index (κ3) is 3.46. The van der Waals surface area contributed by atoms with E-state index in [0.29, 0.717) is 12.0 Å². The van der Waals surface area contributed by atoms with Crippen LogP contribution in [0.25, 0.3) is 0 Å². The summed E-state index contributed by atoms with van der Waals surface area (Å²) in [6.07, 6.45) is 4.65. The number of benzene rings is 1. The number of halogens is 1. The standard InChI is InChI=1S/C19H24FN3O/c1-13-10-15(20)4-5-18(13)23-8-6-16(7-9-23)21-12-17-11-19(24-22-17)14-2-3-14/h4-5,10-11,14,16,21H,2-3,6-9,12H2,1H3. The lowest BCUT2D eigenvalue weighted by atomic mass is 10.0. The Morgan fingerprint density at radius 1 is 1.21 bits per heavy atom. The van der Waals surface area contributed by atoms with Crippen molar-refractivity contribution in [3.63, 3.8) is 0 Å². The van der Waals surface area contributed by atoms with Crippen molar-refractivity contribution in [3.8, 4) is 0 Å². The van der Waals surface area contributed by atoms with E-state index in [1.54, 1.807) is 12.1 Å². The van der Waals surface area contributed by atoms with Crippen LogP contribution in [0.2, 0.25) is 0 Å². The molecule has 0 spiro atoms. The molecule has 128 valence electrons. The molecule has 24 heavy (non-hydrogen) atoms. The monoisotopic (exact) mass is 329 g/mol. The van der Waals surface area contributed by atoms with E-state index in [0.717, 1.165) is 55.2 Å². The zero-order valence-electron chi connectivity index (χ0n) is 14.1. The first-order chi connectivity index (χ1) is 11.7. The minimum atomic E-state index is -0.161. The highest BCUT2D eigenvalue weighted by molar-refractivity contribution is 5.53. The number of rotatable bonds is 5. The highest BCUT2D eigenvalue weighted by Gasteiger charge is 2.28.